The SMILES string of the molecule is Oc1ccc(C(=C(CCCF)c2ccccc2)c2ccc(C3CCN(C4CC4)CC3)cc2)cc1. The molecule has 0 radical (unpaired) electrons. The molecule has 1 aliphatic heterocycles. The van der Waals surface area contributed by atoms with Crippen LogP contribution in [0.4, 0.5) is 4.39 Å². The number of benzene rings is 3. The lowest BCUT2D eigenvalue weighted by Crippen LogP contribution is -2.34. The first-order chi connectivity index (χ1) is 16.7. The number of phenols is 1. The van der Waals surface area contributed by atoms with Crippen LogP contribution >= 0.6 is 0 Å². The van der Waals surface area contributed by atoms with Crippen molar-refractivity contribution in [3.8, 4) is 5.75 Å². The maximum Gasteiger partial charge on any atom is 0.115 e. The highest BCUT2D eigenvalue weighted by molar-refractivity contribution is 5.98. The number of likely N-dealkylation sites (tertiary alicyclic amines) is 1. The molecule has 3 heteroatoms. The van der Waals surface area contributed by atoms with Crippen molar-refractivity contribution in [1.29, 1.82) is 0 Å². The van der Waals surface area contributed by atoms with Crippen LogP contribution in [0.5, 0.6) is 5.75 Å². The maximum absolute atomic E-state index is 13.3. The monoisotopic (exact) mass is 455 g/mol. The van der Waals surface area contributed by atoms with Crippen molar-refractivity contribution >= 4 is 11.1 Å². The van der Waals surface area contributed by atoms with Crippen molar-refractivity contribution in [2.75, 3.05) is 19.8 Å². The number of piperidine rings is 1. The fourth-order valence-corrected chi connectivity index (χ4v) is 5.40. The fraction of sp³-hybridized carbons (Fsp3) is 0.355. The first kappa shape index (κ1) is 22.9. The summed E-state index contributed by atoms with van der Waals surface area (Å²) in [5.74, 6) is 0.881. The molecule has 0 atom stereocenters. The highest BCUT2D eigenvalue weighted by Gasteiger charge is 2.32. The molecule has 1 N–H and O–H groups in total. The van der Waals surface area contributed by atoms with Gasteiger partial charge in [0, 0.05) is 6.04 Å². The Bertz CT molecular complexity index is 1090. The predicted molar refractivity (Wildman–Crippen MR) is 139 cm³/mol. The molecule has 3 aromatic carbocycles. The van der Waals surface area contributed by atoms with Gasteiger partial charge in [0.05, 0.1) is 6.67 Å². The normalized spacial score (nSPS) is 18.0. The van der Waals surface area contributed by atoms with E-state index in [-0.39, 0.29) is 12.4 Å². The number of rotatable bonds is 8. The third-order valence-corrected chi connectivity index (χ3v) is 7.40. The number of aromatic hydroxyl groups is 1. The second kappa shape index (κ2) is 10.6. The van der Waals surface area contributed by atoms with Crippen LogP contribution in [0.3, 0.4) is 0 Å². The third kappa shape index (κ3) is 5.26. The number of nitrogens with zero attached hydrogens (tertiary/aromatic N) is 1. The zero-order chi connectivity index (χ0) is 23.3. The van der Waals surface area contributed by atoms with Crippen LogP contribution in [0.15, 0.2) is 78.9 Å². The van der Waals surface area contributed by atoms with E-state index in [4.69, 9.17) is 0 Å². The average Bonchev–Trinajstić information content (AvgIpc) is 3.74. The molecule has 2 nitrogen and oxygen atoms in total. The van der Waals surface area contributed by atoms with Gasteiger partial charge in [-0.2, -0.15) is 0 Å². The van der Waals surface area contributed by atoms with E-state index < -0.39 is 0 Å². The van der Waals surface area contributed by atoms with Gasteiger partial charge in [-0.15, -0.1) is 0 Å². The molecule has 0 bridgehead atoms. The van der Waals surface area contributed by atoms with Gasteiger partial charge in [-0.3, -0.25) is 4.39 Å². The molecular formula is C31H34FNO. The lowest BCUT2D eigenvalue weighted by atomic mass is 9.85. The number of phenolic OH excluding ortho intramolecular Hbond substituents is 1. The lowest BCUT2D eigenvalue weighted by Gasteiger charge is -2.32. The van der Waals surface area contributed by atoms with Crippen molar-refractivity contribution in [3.05, 3.63) is 101 Å². The van der Waals surface area contributed by atoms with Gasteiger partial charge in [0.15, 0.2) is 0 Å². The zero-order valence-corrected chi connectivity index (χ0v) is 19.8. The summed E-state index contributed by atoms with van der Waals surface area (Å²) in [5.41, 5.74) is 7.00. The summed E-state index contributed by atoms with van der Waals surface area (Å²) in [6, 6.07) is 27.6. The van der Waals surface area contributed by atoms with E-state index in [1.54, 1.807) is 12.1 Å². The zero-order valence-electron chi connectivity index (χ0n) is 19.8. The molecule has 1 saturated carbocycles. The summed E-state index contributed by atoms with van der Waals surface area (Å²) in [6.07, 6.45) is 6.40. The Morgan fingerprint density at radius 3 is 1.97 bits per heavy atom. The average molecular weight is 456 g/mol. The van der Waals surface area contributed by atoms with Crippen LogP contribution in [0, 0.1) is 0 Å². The van der Waals surface area contributed by atoms with Gasteiger partial charge >= 0.3 is 0 Å². The van der Waals surface area contributed by atoms with E-state index in [9.17, 15) is 9.50 Å². The van der Waals surface area contributed by atoms with E-state index in [2.05, 4.69) is 41.3 Å². The molecule has 1 heterocycles. The molecule has 2 fully saturated rings. The number of alkyl halides is 1. The van der Waals surface area contributed by atoms with E-state index in [1.165, 1.54) is 44.3 Å². The molecule has 176 valence electrons. The largest absolute Gasteiger partial charge is 0.508 e. The molecule has 3 aromatic rings. The molecule has 0 amide bonds. The van der Waals surface area contributed by atoms with E-state index in [1.807, 2.05) is 30.3 Å². The molecule has 0 spiro atoms. The Morgan fingerprint density at radius 2 is 1.38 bits per heavy atom. The third-order valence-electron chi connectivity index (χ3n) is 7.40. The number of halogens is 1. The van der Waals surface area contributed by atoms with Crippen LogP contribution < -0.4 is 0 Å². The summed E-state index contributed by atoms with van der Waals surface area (Å²) in [5, 5.41) is 9.87. The van der Waals surface area contributed by atoms with Gasteiger partial charge in [-0.1, -0.05) is 66.7 Å². The predicted octanol–water partition coefficient (Wildman–Crippen LogP) is 7.44. The van der Waals surface area contributed by atoms with Crippen molar-refractivity contribution in [2.24, 2.45) is 0 Å². The lowest BCUT2D eigenvalue weighted by molar-refractivity contribution is 0.203. The standard InChI is InChI=1S/C31H34FNO/c32-20-4-7-30(25-5-2-1-3-6-25)31(27-12-16-29(34)17-13-27)26-10-8-23(9-11-26)24-18-21-33(22-19-24)28-14-15-28/h1-3,5-6,8-13,16-17,24,28,34H,4,7,14-15,18-22H2. The smallest absolute Gasteiger partial charge is 0.115 e. The second-order valence-electron chi connectivity index (χ2n) is 9.72. The molecule has 2 aliphatic rings. The minimum atomic E-state index is -0.336. The Labute approximate surface area is 202 Å². The molecule has 5 rings (SSSR count). The quantitative estimate of drug-likeness (QED) is 0.357. The summed E-state index contributed by atoms with van der Waals surface area (Å²) in [7, 11) is 0. The topological polar surface area (TPSA) is 23.5 Å². The Balaban J connectivity index is 1.49. The molecule has 1 saturated heterocycles. The number of hydrogen-bond donors (Lipinski definition) is 1. The molecule has 0 unspecified atom stereocenters. The maximum atomic E-state index is 13.3. The van der Waals surface area contributed by atoms with Gasteiger partial charge in [0.25, 0.3) is 0 Å². The molecule has 1 aliphatic carbocycles. The first-order valence-corrected chi connectivity index (χ1v) is 12.7. The molecule has 0 aromatic heterocycles. The van der Waals surface area contributed by atoms with Crippen molar-refractivity contribution in [1.82, 2.24) is 4.90 Å². The Hall–Kier alpha value is -2.91. The van der Waals surface area contributed by atoms with Gasteiger partial charge < -0.3 is 10.0 Å². The Kier molecular flexibility index (Phi) is 7.10. The fourth-order valence-electron chi connectivity index (χ4n) is 5.40. The second-order valence-corrected chi connectivity index (χ2v) is 9.72. The van der Waals surface area contributed by atoms with Gasteiger partial charge in [0.2, 0.25) is 0 Å². The van der Waals surface area contributed by atoms with Gasteiger partial charge in [-0.05, 0) is 103 Å². The molecular weight excluding hydrogens is 421 g/mol. The number of allylic oxidation sites excluding steroid dienone is 1. The number of hydrogen-bond acceptors (Lipinski definition) is 2. The van der Waals surface area contributed by atoms with E-state index >= 15 is 0 Å². The first-order valence-electron chi connectivity index (χ1n) is 12.7. The van der Waals surface area contributed by atoms with Gasteiger partial charge in [0.1, 0.15) is 5.75 Å². The van der Waals surface area contributed by atoms with Gasteiger partial charge in [-0.25, -0.2) is 0 Å². The minimum absolute atomic E-state index is 0.251. The summed E-state index contributed by atoms with van der Waals surface area (Å²) >= 11 is 0. The highest BCUT2D eigenvalue weighted by atomic mass is 19.1. The summed E-state index contributed by atoms with van der Waals surface area (Å²) in [6.45, 7) is 2.10. The summed E-state index contributed by atoms with van der Waals surface area (Å²) in [4.78, 5) is 2.67. The van der Waals surface area contributed by atoms with Crippen LogP contribution in [-0.4, -0.2) is 35.8 Å². The van der Waals surface area contributed by atoms with Crippen LogP contribution in [-0.2, 0) is 0 Å². The minimum Gasteiger partial charge on any atom is -0.508 e. The van der Waals surface area contributed by atoms with Crippen molar-refractivity contribution < 1.29 is 9.50 Å². The Morgan fingerprint density at radius 1 is 0.765 bits per heavy atom. The van der Waals surface area contributed by atoms with Crippen LogP contribution in [0.1, 0.15) is 66.7 Å². The van der Waals surface area contributed by atoms with Crippen molar-refractivity contribution in [2.45, 2.75) is 50.5 Å². The van der Waals surface area contributed by atoms with Crippen molar-refractivity contribution in [3.63, 3.8) is 0 Å². The van der Waals surface area contributed by atoms with Crippen LogP contribution in [0.2, 0.25) is 0 Å². The summed E-state index contributed by atoms with van der Waals surface area (Å²) < 4.78 is 13.3. The highest BCUT2D eigenvalue weighted by Crippen LogP contribution is 2.38. The van der Waals surface area contributed by atoms with E-state index in [0.29, 0.717) is 18.8 Å². The molecule has 34 heavy (non-hydrogen) atoms. The van der Waals surface area contributed by atoms with Crippen LogP contribution in [0.25, 0.3) is 11.1 Å². The van der Waals surface area contributed by atoms with E-state index in [0.717, 1.165) is 33.9 Å².